The molecule has 0 saturated carbocycles. The number of rotatable bonds is 8. The zero-order chi connectivity index (χ0) is 24.8. The highest BCUT2D eigenvalue weighted by molar-refractivity contribution is 6.36. The van der Waals surface area contributed by atoms with Crippen LogP contribution in [0.3, 0.4) is 0 Å². The summed E-state index contributed by atoms with van der Waals surface area (Å²) in [5, 5.41) is 0.443. The van der Waals surface area contributed by atoms with Gasteiger partial charge in [0.15, 0.2) is 5.89 Å². The lowest BCUT2D eigenvalue weighted by Gasteiger charge is -2.33. The Bertz CT molecular complexity index is 1120. The van der Waals surface area contributed by atoms with Gasteiger partial charge in [0.25, 0.3) is 0 Å². The molecule has 0 spiro atoms. The standard InChI is InChI=1S/C23H22Cl2N2O7/c1-31-17(28)11-15-20(23(30)33-3)21(18-12(24)5-4-6-13(18)25)19(22(29)32-2)14(27-15)7-8-16-26-9-10-34-16/h4-6,9-10,20-21H,7-8,11H2,1-3H3. The van der Waals surface area contributed by atoms with Gasteiger partial charge in [-0.05, 0) is 24.1 Å². The van der Waals surface area contributed by atoms with Gasteiger partial charge < -0.3 is 18.6 Å². The molecular formula is C23H22Cl2N2O7. The normalized spacial score (nSPS) is 17.7. The number of methoxy groups -OCH3 is 3. The van der Waals surface area contributed by atoms with Crippen molar-refractivity contribution in [3.05, 3.63) is 63.4 Å². The predicted molar refractivity (Wildman–Crippen MR) is 123 cm³/mol. The summed E-state index contributed by atoms with van der Waals surface area (Å²) in [6, 6.07) is 4.81. The number of hydrogen-bond donors (Lipinski definition) is 0. The molecule has 3 rings (SSSR count). The molecule has 2 heterocycles. The minimum Gasteiger partial charge on any atom is -0.469 e. The number of carbonyl (C=O) groups is 3. The lowest BCUT2D eigenvalue weighted by molar-refractivity contribution is -0.143. The molecule has 0 fully saturated rings. The van der Waals surface area contributed by atoms with Gasteiger partial charge in [-0.3, -0.25) is 14.6 Å². The van der Waals surface area contributed by atoms with E-state index in [1.807, 2.05) is 0 Å². The first-order valence-corrected chi connectivity index (χ1v) is 10.9. The van der Waals surface area contributed by atoms with Crippen LogP contribution in [-0.4, -0.2) is 49.9 Å². The molecule has 2 atom stereocenters. The molecule has 1 aliphatic heterocycles. The molecule has 34 heavy (non-hydrogen) atoms. The number of aryl methyl sites for hydroxylation is 1. The van der Waals surface area contributed by atoms with Crippen LogP contribution in [0.4, 0.5) is 0 Å². The van der Waals surface area contributed by atoms with Gasteiger partial charge in [0, 0.05) is 28.1 Å². The van der Waals surface area contributed by atoms with Gasteiger partial charge in [0.1, 0.15) is 12.2 Å². The van der Waals surface area contributed by atoms with Gasteiger partial charge in [0.2, 0.25) is 0 Å². The summed E-state index contributed by atoms with van der Waals surface area (Å²) in [4.78, 5) is 46.9. The highest BCUT2D eigenvalue weighted by Gasteiger charge is 2.46. The van der Waals surface area contributed by atoms with E-state index >= 15 is 0 Å². The second-order valence-electron chi connectivity index (χ2n) is 7.25. The summed E-state index contributed by atoms with van der Waals surface area (Å²) in [6.45, 7) is 0. The van der Waals surface area contributed by atoms with E-state index in [0.717, 1.165) is 0 Å². The largest absolute Gasteiger partial charge is 0.469 e. The lowest BCUT2D eigenvalue weighted by Crippen LogP contribution is -2.38. The molecule has 0 aliphatic carbocycles. The van der Waals surface area contributed by atoms with Gasteiger partial charge >= 0.3 is 17.9 Å². The summed E-state index contributed by atoms with van der Waals surface area (Å²) in [5.74, 6) is -3.86. The lowest BCUT2D eigenvalue weighted by atomic mass is 9.74. The fraction of sp³-hybridized carbons (Fsp3) is 0.348. The average molecular weight is 509 g/mol. The first-order valence-electron chi connectivity index (χ1n) is 10.2. The maximum absolute atomic E-state index is 13.1. The van der Waals surface area contributed by atoms with Crippen LogP contribution in [0.15, 0.2) is 51.3 Å². The average Bonchev–Trinajstić information content (AvgIpc) is 3.35. The Morgan fingerprint density at radius 1 is 1.03 bits per heavy atom. The van der Waals surface area contributed by atoms with Crippen molar-refractivity contribution in [2.24, 2.45) is 10.9 Å². The molecule has 0 N–H and O–H groups in total. The summed E-state index contributed by atoms with van der Waals surface area (Å²) in [7, 11) is 3.64. The van der Waals surface area contributed by atoms with Crippen LogP contribution in [0.1, 0.15) is 30.2 Å². The number of halogens is 2. The second-order valence-corrected chi connectivity index (χ2v) is 8.06. The van der Waals surface area contributed by atoms with Crippen molar-refractivity contribution < 1.29 is 33.0 Å². The highest BCUT2D eigenvalue weighted by Crippen LogP contribution is 2.46. The summed E-state index contributed by atoms with van der Waals surface area (Å²) in [5.41, 5.74) is 0.820. The van der Waals surface area contributed by atoms with Crippen LogP contribution >= 0.6 is 23.2 Å². The molecule has 1 aromatic heterocycles. The Hall–Kier alpha value is -3.17. The number of benzene rings is 1. The Kier molecular flexibility index (Phi) is 8.46. The van der Waals surface area contributed by atoms with E-state index in [2.05, 4.69) is 9.98 Å². The number of aliphatic imine (C=N–C) groups is 1. The Morgan fingerprint density at radius 3 is 2.29 bits per heavy atom. The maximum atomic E-state index is 13.1. The number of oxazole rings is 1. The van der Waals surface area contributed by atoms with Gasteiger partial charge in [0.05, 0.1) is 45.2 Å². The van der Waals surface area contributed by atoms with Gasteiger partial charge in [-0.25, -0.2) is 9.78 Å². The van der Waals surface area contributed by atoms with Crippen LogP contribution in [0.2, 0.25) is 10.0 Å². The number of allylic oxidation sites excluding steroid dienone is 1. The van der Waals surface area contributed by atoms with Crippen molar-refractivity contribution in [2.75, 3.05) is 21.3 Å². The Labute approximate surface area is 205 Å². The molecule has 1 aromatic carbocycles. The van der Waals surface area contributed by atoms with Crippen LogP contribution in [0.5, 0.6) is 0 Å². The molecule has 0 amide bonds. The van der Waals surface area contributed by atoms with Crippen LogP contribution < -0.4 is 0 Å². The first-order chi connectivity index (χ1) is 16.3. The van der Waals surface area contributed by atoms with Crippen molar-refractivity contribution >= 4 is 46.8 Å². The Morgan fingerprint density at radius 2 is 1.74 bits per heavy atom. The van der Waals surface area contributed by atoms with E-state index in [1.54, 1.807) is 18.2 Å². The van der Waals surface area contributed by atoms with E-state index in [1.165, 1.54) is 33.8 Å². The quantitative estimate of drug-likeness (QED) is 0.388. The monoisotopic (exact) mass is 508 g/mol. The van der Waals surface area contributed by atoms with Crippen molar-refractivity contribution in [1.29, 1.82) is 0 Å². The number of nitrogens with zero attached hydrogens (tertiary/aromatic N) is 2. The third-order valence-electron chi connectivity index (χ3n) is 5.38. The van der Waals surface area contributed by atoms with Crippen LogP contribution in [0.25, 0.3) is 0 Å². The van der Waals surface area contributed by atoms with Crippen molar-refractivity contribution in [1.82, 2.24) is 4.98 Å². The summed E-state index contributed by atoms with van der Waals surface area (Å²) >= 11 is 13.0. The van der Waals surface area contributed by atoms with E-state index < -0.39 is 29.7 Å². The zero-order valence-corrected chi connectivity index (χ0v) is 20.2. The predicted octanol–water partition coefficient (Wildman–Crippen LogP) is 3.93. The molecular weight excluding hydrogens is 487 g/mol. The van der Waals surface area contributed by atoms with Crippen LogP contribution in [-0.2, 0) is 35.0 Å². The third kappa shape index (κ3) is 5.31. The molecule has 2 unspecified atom stereocenters. The van der Waals surface area contributed by atoms with E-state index in [4.69, 9.17) is 41.8 Å². The van der Waals surface area contributed by atoms with Crippen molar-refractivity contribution in [3.8, 4) is 0 Å². The fourth-order valence-corrected chi connectivity index (χ4v) is 4.51. The van der Waals surface area contributed by atoms with E-state index in [9.17, 15) is 14.4 Å². The van der Waals surface area contributed by atoms with E-state index in [0.29, 0.717) is 17.9 Å². The fourth-order valence-electron chi connectivity index (χ4n) is 3.88. The SMILES string of the molecule is COC(=O)CC1=NC(CCc2ncco2)=C(C(=O)OC)C(c2c(Cl)cccc2Cl)C1C(=O)OC. The minimum atomic E-state index is -1.18. The number of ether oxygens (including phenoxy) is 3. The van der Waals surface area contributed by atoms with Crippen molar-refractivity contribution in [2.45, 2.75) is 25.2 Å². The molecule has 11 heteroatoms. The van der Waals surface area contributed by atoms with Gasteiger partial charge in [-0.15, -0.1) is 0 Å². The smallest absolute Gasteiger partial charge is 0.336 e. The topological polar surface area (TPSA) is 117 Å². The van der Waals surface area contributed by atoms with Crippen molar-refractivity contribution in [3.63, 3.8) is 0 Å². The molecule has 0 radical (unpaired) electrons. The maximum Gasteiger partial charge on any atom is 0.336 e. The first kappa shape index (κ1) is 25.5. The zero-order valence-electron chi connectivity index (χ0n) is 18.7. The number of aromatic nitrogens is 1. The van der Waals surface area contributed by atoms with Gasteiger partial charge in [-0.1, -0.05) is 29.3 Å². The summed E-state index contributed by atoms with van der Waals surface area (Å²) in [6.07, 6.45) is 3.10. The Balaban J connectivity index is 2.28. The third-order valence-corrected chi connectivity index (χ3v) is 6.04. The highest BCUT2D eigenvalue weighted by atomic mass is 35.5. The number of esters is 3. The molecule has 180 valence electrons. The minimum absolute atomic E-state index is 0.0769. The van der Waals surface area contributed by atoms with E-state index in [-0.39, 0.29) is 39.9 Å². The molecule has 0 saturated heterocycles. The number of hydrogen-bond acceptors (Lipinski definition) is 9. The summed E-state index contributed by atoms with van der Waals surface area (Å²) < 4.78 is 20.2. The molecule has 9 nitrogen and oxygen atoms in total. The molecule has 1 aliphatic rings. The second kappa shape index (κ2) is 11.3. The van der Waals surface area contributed by atoms with Crippen LogP contribution in [0, 0.1) is 5.92 Å². The molecule has 0 bridgehead atoms. The van der Waals surface area contributed by atoms with Gasteiger partial charge in [-0.2, -0.15) is 0 Å². The number of carbonyl (C=O) groups excluding carboxylic acids is 3. The molecule has 2 aromatic rings.